The van der Waals surface area contributed by atoms with Crippen LogP contribution < -0.4 is 10.6 Å². The second-order valence-corrected chi connectivity index (χ2v) is 15.4. The minimum atomic E-state index is -0.866. The summed E-state index contributed by atoms with van der Waals surface area (Å²) in [6.07, 6.45) is 23.0. The van der Waals surface area contributed by atoms with E-state index < -0.39 is 11.9 Å². The van der Waals surface area contributed by atoms with Crippen molar-refractivity contribution in [1.82, 2.24) is 15.5 Å². The molecule has 2 amide bonds. The lowest BCUT2D eigenvalue weighted by molar-refractivity contribution is -0.138. The average Bonchev–Trinajstić information content (AvgIpc) is 3.63. The van der Waals surface area contributed by atoms with Gasteiger partial charge in [0, 0.05) is 43.4 Å². The maximum atomic E-state index is 12.7. The van der Waals surface area contributed by atoms with Crippen LogP contribution in [-0.4, -0.2) is 60.0 Å². The van der Waals surface area contributed by atoms with Crippen molar-refractivity contribution in [2.24, 2.45) is 0 Å². The largest absolute Gasteiger partial charge is 0.481 e. The zero-order chi connectivity index (χ0) is 35.8. The van der Waals surface area contributed by atoms with Crippen LogP contribution in [0.4, 0.5) is 0 Å². The van der Waals surface area contributed by atoms with E-state index in [1.54, 1.807) is 0 Å². The van der Waals surface area contributed by atoms with Crippen LogP contribution in [0, 0.1) is 0 Å². The molecule has 2 aromatic rings. The lowest BCUT2D eigenvalue weighted by Gasteiger charge is -2.36. The second kappa shape index (κ2) is 25.3. The molecule has 0 radical (unpaired) electrons. The lowest BCUT2D eigenvalue weighted by Crippen LogP contribution is -2.41. The van der Waals surface area contributed by atoms with E-state index in [1.165, 1.54) is 73.8 Å². The molecule has 1 aromatic heterocycles. The molecule has 0 spiro atoms. The molecule has 8 heteroatoms. The van der Waals surface area contributed by atoms with Gasteiger partial charge in [-0.2, -0.15) is 0 Å². The number of thiophene rings is 1. The number of amides is 2. The Hall–Kier alpha value is -2.71. The van der Waals surface area contributed by atoms with Crippen molar-refractivity contribution in [3.63, 3.8) is 0 Å². The number of unbranched alkanes of at least 4 members (excludes halogenated alkanes) is 13. The molecule has 2 unspecified atom stereocenters. The van der Waals surface area contributed by atoms with Crippen LogP contribution in [0.15, 0.2) is 35.7 Å². The summed E-state index contributed by atoms with van der Waals surface area (Å²) in [4.78, 5) is 40.6. The number of benzene rings is 1. The number of carboxylic acid groups (broad SMARTS) is 1. The van der Waals surface area contributed by atoms with Crippen LogP contribution in [0.3, 0.4) is 0 Å². The van der Waals surface area contributed by atoms with E-state index in [4.69, 9.17) is 0 Å². The van der Waals surface area contributed by atoms with E-state index in [0.29, 0.717) is 18.9 Å². The van der Waals surface area contributed by atoms with Gasteiger partial charge in [-0.3, -0.25) is 19.3 Å². The van der Waals surface area contributed by atoms with Crippen molar-refractivity contribution in [1.29, 1.82) is 0 Å². The third-order valence-electron chi connectivity index (χ3n) is 10.4. The number of nitrogens with one attached hydrogen (secondary N) is 2. The van der Waals surface area contributed by atoms with E-state index in [9.17, 15) is 19.5 Å². The lowest BCUT2D eigenvalue weighted by atomic mass is 9.81. The van der Waals surface area contributed by atoms with Gasteiger partial charge in [-0.25, -0.2) is 0 Å². The molecule has 1 aliphatic rings. The first-order valence-corrected chi connectivity index (χ1v) is 20.9. The van der Waals surface area contributed by atoms with Gasteiger partial charge in [-0.1, -0.05) is 108 Å². The summed E-state index contributed by atoms with van der Waals surface area (Å²) in [6.45, 7) is 7.22. The first-order chi connectivity index (χ1) is 24.4. The second-order valence-electron chi connectivity index (χ2n) is 14.3. The first kappa shape index (κ1) is 41.7. The van der Waals surface area contributed by atoms with Gasteiger partial charge in [0.15, 0.2) is 0 Å². The fraction of sp³-hybridized carbons (Fsp3) is 0.690. The highest BCUT2D eigenvalue weighted by Crippen LogP contribution is 2.32. The Balaban J connectivity index is 1.26. The summed E-state index contributed by atoms with van der Waals surface area (Å²) in [6, 6.07) is 11.0. The van der Waals surface area contributed by atoms with Gasteiger partial charge in [0.1, 0.15) is 0 Å². The third kappa shape index (κ3) is 16.1. The highest BCUT2D eigenvalue weighted by molar-refractivity contribution is 7.09. The quantitative estimate of drug-likeness (QED) is 0.0766. The SMILES string of the molecule is CCCN(CCc1cccs1)C1CCc2c(cccc2C(CNC(=O)CCCCCCCCCCCCCCCCC(=O)NCC)C(=O)O)C1. The van der Waals surface area contributed by atoms with Crippen LogP contribution >= 0.6 is 11.3 Å². The van der Waals surface area contributed by atoms with Gasteiger partial charge in [0.25, 0.3) is 0 Å². The number of aliphatic carboxylic acids is 1. The highest BCUT2D eigenvalue weighted by atomic mass is 32.1. The number of carbonyl (C=O) groups excluding carboxylic acids is 2. The number of hydrogen-bond acceptors (Lipinski definition) is 5. The van der Waals surface area contributed by atoms with Crippen molar-refractivity contribution in [2.45, 2.75) is 161 Å². The van der Waals surface area contributed by atoms with Crippen molar-refractivity contribution < 1.29 is 19.5 Å². The predicted molar refractivity (Wildman–Crippen MR) is 208 cm³/mol. The third-order valence-corrected chi connectivity index (χ3v) is 11.3. The van der Waals surface area contributed by atoms with Crippen LogP contribution in [0.5, 0.6) is 0 Å². The summed E-state index contributed by atoms with van der Waals surface area (Å²) in [7, 11) is 0. The molecule has 0 bridgehead atoms. The Bertz CT molecular complexity index is 1230. The van der Waals surface area contributed by atoms with E-state index in [0.717, 1.165) is 89.4 Å². The smallest absolute Gasteiger partial charge is 0.312 e. The predicted octanol–water partition coefficient (Wildman–Crippen LogP) is 9.22. The highest BCUT2D eigenvalue weighted by Gasteiger charge is 2.29. The van der Waals surface area contributed by atoms with Crippen LogP contribution in [0.2, 0.25) is 0 Å². The van der Waals surface area contributed by atoms with Gasteiger partial charge in [0.05, 0.1) is 5.92 Å². The molecule has 1 aromatic carbocycles. The topological polar surface area (TPSA) is 98.7 Å². The summed E-state index contributed by atoms with van der Waals surface area (Å²) in [5.41, 5.74) is 3.33. The molecule has 50 heavy (non-hydrogen) atoms. The average molecular weight is 710 g/mol. The molecule has 1 aliphatic carbocycles. The number of carbonyl (C=O) groups is 3. The van der Waals surface area contributed by atoms with E-state index in [1.807, 2.05) is 30.4 Å². The Morgan fingerprint density at radius 2 is 1.40 bits per heavy atom. The van der Waals surface area contributed by atoms with Gasteiger partial charge in [-0.05, 0) is 86.6 Å². The zero-order valence-electron chi connectivity index (χ0n) is 31.3. The Kier molecular flexibility index (Phi) is 21.1. The molecule has 0 saturated heterocycles. The monoisotopic (exact) mass is 709 g/mol. The van der Waals surface area contributed by atoms with Crippen molar-refractivity contribution in [2.75, 3.05) is 26.2 Å². The molecule has 7 nitrogen and oxygen atoms in total. The molecular formula is C42H67N3O4S. The van der Waals surface area contributed by atoms with E-state index in [2.05, 4.69) is 46.0 Å². The molecule has 1 heterocycles. The normalized spacial score (nSPS) is 14.7. The Morgan fingerprint density at radius 3 is 1.94 bits per heavy atom. The Labute approximate surface area is 307 Å². The summed E-state index contributed by atoms with van der Waals surface area (Å²) in [5, 5.41) is 18.2. The van der Waals surface area contributed by atoms with Crippen LogP contribution in [0.1, 0.15) is 157 Å². The number of rotatable bonds is 28. The summed E-state index contributed by atoms with van der Waals surface area (Å²) >= 11 is 1.83. The van der Waals surface area contributed by atoms with Crippen molar-refractivity contribution >= 4 is 29.1 Å². The fourth-order valence-electron chi connectivity index (χ4n) is 7.54. The first-order valence-electron chi connectivity index (χ1n) is 20.1. The molecular weight excluding hydrogens is 643 g/mol. The maximum absolute atomic E-state index is 12.7. The van der Waals surface area contributed by atoms with Crippen LogP contribution in [0.25, 0.3) is 0 Å². The van der Waals surface area contributed by atoms with Crippen molar-refractivity contribution in [3.8, 4) is 0 Å². The van der Waals surface area contributed by atoms with E-state index in [-0.39, 0.29) is 18.4 Å². The van der Waals surface area contributed by atoms with Crippen molar-refractivity contribution in [3.05, 3.63) is 57.3 Å². The molecule has 0 saturated carbocycles. The molecule has 2 atom stereocenters. The van der Waals surface area contributed by atoms with Gasteiger partial charge in [-0.15, -0.1) is 11.3 Å². The van der Waals surface area contributed by atoms with E-state index >= 15 is 0 Å². The number of nitrogens with zero attached hydrogens (tertiary/aromatic N) is 1. The van der Waals surface area contributed by atoms with Gasteiger partial charge in [0.2, 0.25) is 11.8 Å². The van der Waals surface area contributed by atoms with Gasteiger partial charge >= 0.3 is 5.97 Å². The maximum Gasteiger partial charge on any atom is 0.312 e. The molecule has 3 rings (SSSR count). The molecule has 0 fully saturated rings. The summed E-state index contributed by atoms with van der Waals surface area (Å²) in [5.74, 6) is -1.44. The zero-order valence-corrected chi connectivity index (χ0v) is 32.1. The Morgan fingerprint density at radius 1 is 0.800 bits per heavy atom. The summed E-state index contributed by atoms with van der Waals surface area (Å²) < 4.78 is 0. The fourth-order valence-corrected chi connectivity index (χ4v) is 8.24. The van der Waals surface area contributed by atoms with Crippen LogP contribution in [-0.2, 0) is 33.6 Å². The molecule has 0 aliphatic heterocycles. The minimum absolute atomic E-state index is 0.0379. The number of fused-ring (bicyclic) bond motifs is 1. The molecule has 3 N–H and O–H groups in total. The number of carboxylic acids is 1. The standard InChI is InChI=1S/C42H67N3O4S/c1-3-29-45(30-28-36-22-20-31-50-36)35-26-27-37-34(32-35)21-19-23-38(37)39(42(48)49)33-44-41(47)25-18-16-14-12-10-8-6-5-7-9-11-13-15-17-24-40(46)43-4-2/h19-23,31,35,39H,3-18,24-30,32-33H2,1-2H3,(H,43,46)(H,44,47)(H,48,49). The minimum Gasteiger partial charge on any atom is -0.481 e. The molecule has 280 valence electrons. The van der Waals surface area contributed by atoms with Gasteiger partial charge < -0.3 is 15.7 Å². The number of hydrogen-bond donors (Lipinski definition) is 3.